The van der Waals surface area contributed by atoms with Crippen molar-refractivity contribution < 1.29 is 46.6 Å². The van der Waals surface area contributed by atoms with Crippen LogP contribution in [0.4, 0.5) is 20.4 Å². The smallest absolute Gasteiger partial charge is 0.394 e. The average molecular weight is 763 g/mol. The Morgan fingerprint density at radius 1 is 0.796 bits per heavy atom. The molecule has 6 heterocycles. The molecule has 49 heavy (non-hydrogen) atoms. The zero-order valence-corrected chi connectivity index (χ0v) is 28.7. The number of aromatic nitrogens is 8. The molecule has 4 N–H and O–H groups in total. The molecule has 4 aromatic heterocycles. The second-order valence-corrected chi connectivity index (χ2v) is 14.0. The lowest BCUT2D eigenvalue weighted by molar-refractivity contribution is -0.0427. The summed E-state index contributed by atoms with van der Waals surface area (Å²) in [6, 6.07) is 0. The lowest BCUT2D eigenvalue weighted by Gasteiger charge is -2.15. The van der Waals surface area contributed by atoms with E-state index in [1.807, 2.05) is 12.2 Å². The predicted molar refractivity (Wildman–Crippen MR) is 176 cm³/mol. The molecule has 0 aliphatic carbocycles. The van der Waals surface area contributed by atoms with Crippen molar-refractivity contribution in [3.8, 4) is 0 Å². The molecule has 0 amide bonds. The molecule has 2 aliphatic heterocycles. The maximum absolute atomic E-state index is 15.2. The molecular formula is C25H30F2N10O8P2S2+2. The maximum atomic E-state index is 15.2. The van der Waals surface area contributed by atoms with Crippen molar-refractivity contribution in [2.45, 2.75) is 55.6 Å². The third kappa shape index (κ3) is 7.53. The van der Waals surface area contributed by atoms with E-state index in [9.17, 15) is 19.3 Å². The van der Waals surface area contributed by atoms with E-state index in [-0.39, 0.29) is 11.3 Å². The number of hydrogen-bond acceptors (Lipinski definition) is 16. The monoisotopic (exact) mass is 762 g/mol. The number of alkyl halides is 2. The Labute approximate surface area is 288 Å². The zero-order valence-electron chi connectivity index (χ0n) is 25.1. The van der Waals surface area contributed by atoms with Crippen LogP contribution in [0.2, 0.25) is 0 Å². The van der Waals surface area contributed by atoms with E-state index in [2.05, 4.69) is 65.0 Å². The molecule has 0 bridgehead atoms. The van der Waals surface area contributed by atoms with Crippen molar-refractivity contribution in [1.82, 2.24) is 39.0 Å². The number of anilines is 2. The summed E-state index contributed by atoms with van der Waals surface area (Å²) in [5.41, 5.74) is 1.30. The van der Waals surface area contributed by atoms with Crippen LogP contribution in [0.15, 0.2) is 37.5 Å². The quantitative estimate of drug-likeness (QED) is 0.0444. The molecule has 2 fully saturated rings. The number of nitrogens with one attached hydrogen (secondary N) is 2. The minimum atomic E-state index is -2.43. The first kappa shape index (κ1) is 35.8. The van der Waals surface area contributed by atoms with Crippen LogP contribution in [0.5, 0.6) is 0 Å². The fourth-order valence-corrected chi connectivity index (χ4v) is 7.13. The van der Waals surface area contributed by atoms with E-state index in [0.29, 0.717) is 42.2 Å². The van der Waals surface area contributed by atoms with Crippen LogP contribution in [0.3, 0.4) is 0 Å². The second kappa shape index (κ2) is 15.9. The summed E-state index contributed by atoms with van der Waals surface area (Å²) < 4.78 is 77.4. The van der Waals surface area contributed by atoms with Gasteiger partial charge in [0.2, 0.25) is 0 Å². The Morgan fingerprint density at radius 3 is 1.76 bits per heavy atom. The molecule has 2 unspecified atom stereocenters. The van der Waals surface area contributed by atoms with Gasteiger partial charge in [-0.2, -0.15) is 0 Å². The Hall–Kier alpha value is -3.04. The molecule has 6 rings (SSSR count). The average Bonchev–Trinajstić information content (AvgIpc) is 3.85. The van der Waals surface area contributed by atoms with Gasteiger partial charge < -0.3 is 30.3 Å². The van der Waals surface area contributed by atoms with Crippen molar-refractivity contribution in [2.24, 2.45) is 0 Å². The van der Waals surface area contributed by atoms with Crippen LogP contribution in [0.1, 0.15) is 18.9 Å². The summed E-state index contributed by atoms with van der Waals surface area (Å²) >= 11 is 7.35. The van der Waals surface area contributed by atoms with E-state index >= 15 is 8.78 Å². The summed E-state index contributed by atoms with van der Waals surface area (Å²) in [6.07, 6.45) is -1.06. The molecule has 24 heteroatoms. The summed E-state index contributed by atoms with van der Waals surface area (Å²) in [4.78, 5) is 25.5. The van der Waals surface area contributed by atoms with Crippen molar-refractivity contribution in [3.63, 3.8) is 0 Å². The minimum absolute atomic E-state index is 0.280. The van der Waals surface area contributed by atoms with Gasteiger partial charge in [0.1, 0.15) is 49.4 Å². The molecule has 4 aromatic rings. The number of aliphatic hydroxyl groups excluding tert-OH is 2. The number of fused-ring (bicyclic) bond motifs is 2. The first-order valence-electron chi connectivity index (χ1n) is 14.7. The van der Waals surface area contributed by atoms with Crippen molar-refractivity contribution in [3.05, 3.63) is 37.5 Å². The molecule has 18 nitrogen and oxygen atoms in total. The molecule has 0 spiro atoms. The highest BCUT2D eigenvalue weighted by atomic mass is 32.7. The molecule has 10 atom stereocenters. The SMILES string of the molecule is O=[P+](S)O[C@H]1[C@@H](F)[C@H](n2cnc3c(NC/C=C/CCNc4ncnc5c4ncn5[C@@H]4O[C@H](CO)[C@@H](O[P+](=O)S)[C@H]4F)ncnc32)O[C@@H]1CO. The van der Waals surface area contributed by atoms with Gasteiger partial charge >= 0.3 is 14.5 Å². The van der Waals surface area contributed by atoms with Gasteiger partial charge in [-0.25, -0.2) is 38.7 Å². The molecular weight excluding hydrogens is 732 g/mol. The van der Waals surface area contributed by atoms with Crippen LogP contribution in [-0.4, -0.2) is 112 Å². The van der Waals surface area contributed by atoms with E-state index in [1.165, 1.54) is 34.4 Å². The Morgan fingerprint density at radius 2 is 1.29 bits per heavy atom. The van der Waals surface area contributed by atoms with Crippen molar-refractivity contribution >= 4 is 72.9 Å². The third-order valence-corrected chi connectivity index (χ3v) is 9.15. The first-order chi connectivity index (χ1) is 23.7. The molecule has 2 saturated heterocycles. The number of halogens is 2. The van der Waals surface area contributed by atoms with Crippen LogP contribution < -0.4 is 10.6 Å². The summed E-state index contributed by atoms with van der Waals surface area (Å²) in [6.45, 7) is -0.261. The molecule has 0 saturated carbocycles. The van der Waals surface area contributed by atoms with Gasteiger partial charge in [0.05, 0.1) is 25.9 Å². The number of hydrogen-bond donors (Lipinski definition) is 6. The number of nitrogens with zero attached hydrogens (tertiary/aromatic N) is 8. The van der Waals surface area contributed by atoms with E-state index in [0.717, 1.165) is 0 Å². The fraction of sp³-hybridized carbons (Fsp3) is 0.520. The fourth-order valence-electron chi connectivity index (χ4n) is 5.56. The number of rotatable bonds is 15. The van der Waals surface area contributed by atoms with E-state index in [1.54, 1.807) is 0 Å². The second-order valence-electron chi connectivity index (χ2n) is 10.7. The Balaban J connectivity index is 1.03. The summed E-state index contributed by atoms with van der Waals surface area (Å²) in [5.74, 6) is 0.810. The highest BCUT2D eigenvalue weighted by Crippen LogP contribution is 2.42. The Bertz CT molecular complexity index is 1840. The summed E-state index contributed by atoms with van der Waals surface area (Å²) in [5, 5.41) is 25.5. The van der Waals surface area contributed by atoms with Crippen molar-refractivity contribution in [2.75, 3.05) is 36.9 Å². The lowest BCUT2D eigenvalue weighted by Crippen LogP contribution is -2.31. The van der Waals surface area contributed by atoms with Gasteiger partial charge in [0.15, 0.2) is 71.0 Å². The van der Waals surface area contributed by atoms with Crippen molar-refractivity contribution in [1.29, 1.82) is 0 Å². The maximum Gasteiger partial charge on any atom is 0.582 e. The number of aliphatic hydroxyl groups is 2. The predicted octanol–water partition coefficient (Wildman–Crippen LogP) is 2.84. The topological polar surface area (TPSA) is 223 Å². The normalized spacial score (nSPS) is 27.8. The van der Waals surface area contributed by atoms with Gasteiger partial charge in [-0.1, -0.05) is 12.2 Å². The highest BCUT2D eigenvalue weighted by Gasteiger charge is 2.52. The van der Waals surface area contributed by atoms with Crippen LogP contribution in [-0.2, 0) is 27.7 Å². The highest BCUT2D eigenvalue weighted by molar-refractivity contribution is 8.39. The molecule has 0 radical (unpaired) electrons. The minimum Gasteiger partial charge on any atom is -0.394 e. The van der Waals surface area contributed by atoms with Crippen LogP contribution in [0, 0.1) is 0 Å². The van der Waals surface area contributed by atoms with Gasteiger partial charge in [0, 0.05) is 13.1 Å². The van der Waals surface area contributed by atoms with Gasteiger partial charge in [-0.3, -0.25) is 9.13 Å². The first-order valence-corrected chi connectivity index (χ1v) is 19.3. The number of thiol groups is 2. The zero-order chi connectivity index (χ0) is 34.7. The molecule has 0 aromatic carbocycles. The van der Waals surface area contributed by atoms with E-state index < -0.39 is 76.9 Å². The largest absolute Gasteiger partial charge is 0.582 e. The van der Waals surface area contributed by atoms with Gasteiger partial charge in [0.25, 0.3) is 0 Å². The van der Waals surface area contributed by atoms with E-state index in [4.69, 9.17) is 18.5 Å². The van der Waals surface area contributed by atoms with Crippen LogP contribution >= 0.6 is 39.0 Å². The Kier molecular flexibility index (Phi) is 11.6. The lowest BCUT2D eigenvalue weighted by atomic mass is 10.1. The van der Waals surface area contributed by atoms with Gasteiger partial charge in [-0.05, 0) is 15.6 Å². The molecule has 262 valence electrons. The molecule has 2 aliphatic rings. The summed E-state index contributed by atoms with van der Waals surface area (Å²) in [7, 11) is -4.85. The van der Waals surface area contributed by atoms with Crippen LogP contribution in [0.25, 0.3) is 22.3 Å². The standard InChI is InChI=1S/C25H28F2N10O8P2S2/c26-14-18(44-46(40)48)12(6-38)42-24(14)36-10-34-16-20(30-8-32-22(16)36)28-4-2-1-3-5-29-21-17-23(33-9-31-21)37(11-35-17)25-15(27)19(45-47(41)49)13(7-39)43-25/h1-2,8-15,18-19,24-25,38-39H,3-7H2,(H2-2,28,29,30,31,32,33,40,41,48,49)/p+2/b2-1+/t12-,13-,14-,15-,18-,19-,24-,25-/m1/s1. The number of ether oxygens (including phenoxy) is 2. The van der Waals surface area contributed by atoms with Gasteiger partial charge in [-0.15, -0.1) is 9.05 Å². The third-order valence-electron chi connectivity index (χ3n) is 7.74. The number of imidazole rings is 2.